The third kappa shape index (κ3) is 5.06. The lowest BCUT2D eigenvalue weighted by Crippen LogP contribution is -2.33. The van der Waals surface area contributed by atoms with Crippen LogP contribution >= 0.6 is 34.8 Å². The van der Waals surface area contributed by atoms with Crippen molar-refractivity contribution in [1.82, 2.24) is 5.32 Å². The van der Waals surface area contributed by atoms with Crippen LogP contribution in [0.25, 0.3) is 0 Å². The molecule has 0 aliphatic rings. The summed E-state index contributed by atoms with van der Waals surface area (Å²) in [4.78, 5) is 0. The first-order valence-electron chi connectivity index (χ1n) is 6.61. The van der Waals surface area contributed by atoms with Crippen LogP contribution in [-0.4, -0.2) is 26.0 Å². The largest absolute Gasteiger partial charge is 0.352 e. The molecule has 1 atom stereocenters. The summed E-state index contributed by atoms with van der Waals surface area (Å²) in [6, 6.07) is 3.62. The van der Waals surface area contributed by atoms with Gasteiger partial charge in [0.1, 0.15) is 0 Å². The van der Waals surface area contributed by atoms with Gasteiger partial charge in [-0.1, -0.05) is 40.9 Å². The molecule has 6 heteroatoms. The lowest BCUT2D eigenvalue weighted by atomic mass is 10.1. The molecule has 0 aromatic heterocycles. The van der Waals surface area contributed by atoms with Gasteiger partial charge < -0.3 is 14.8 Å². The van der Waals surface area contributed by atoms with Gasteiger partial charge in [-0.05, 0) is 32.4 Å². The van der Waals surface area contributed by atoms with Crippen molar-refractivity contribution in [3.63, 3.8) is 0 Å². The average Bonchev–Trinajstić information content (AvgIpc) is 2.42. The first-order valence-corrected chi connectivity index (χ1v) is 7.74. The fraction of sp³-hybridized carbons (Fsp3) is 0.571. The molecule has 114 valence electrons. The fourth-order valence-corrected chi connectivity index (χ4v) is 2.50. The van der Waals surface area contributed by atoms with Crippen LogP contribution in [0.3, 0.4) is 0 Å². The standard InChI is InChI=1S/C14H20Cl3NO2/c1-4-19-12(20-5-2)8-18-9(3)10-6-7-11(15)14(17)13(10)16/h6-7,9,12,18H,4-5,8H2,1-3H3. The van der Waals surface area contributed by atoms with Gasteiger partial charge in [0.25, 0.3) is 0 Å². The van der Waals surface area contributed by atoms with E-state index in [4.69, 9.17) is 44.3 Å². The molecular weight excluding hydrogens is 321 g/mol. The van der Waals surface area contributed by atoms with Gasteiger partial charge in [-0.3, -0.25) is 0 Å². The van der Waals surface area contributed by atoms with Crippen LogP contribution in [0, 0.1) is 0 Å². The molecule has 1 unspecified atom stereocenters. The van der Waals surface area contributed by atoms with Gasteiger partial charge in [0.05, 0.1) is 15.1 Å². The molecule has 3 nitrogen and oxygen atoms in total. The van der Waals surface area contributed by atoms with Crippen LogP contribution in [-0.2, 0) is 9.47 Å². The Morgan fingerprint density at radius 1 is 1.05 bits per heavy atom. The topological polar surface area (TPSA) is 30.5 Å². The Morgan fingerprint density at radius 3 is 2.20 bits per heavy atom. The first kappa shape index (κ1) is 18.0. The van der Waals surface area contributed by atoms with Gasteiger partial charge in [-0.2, -0.15) is 0 Å². The molecule has 0 saturated carbocycles. The van der Waals surface area contributed by atoms with E-state index in [0.717, 1.165) is 5.56 Å². The Hall–Kier alpha value is -0.0300. The number of benzene rings is 1. The third-order valence-corrected chi connectivity index (χ3v) is 4.14. The number of ether oxygens (including phenoxy) is 2. The van der Waals surface area contributed by atoms with Gasteiger partial charge in [-0.25, -0.2) is 0 Å². The van der Waals surface area contributed by atoms with Crippen LogP contribution in [0.4, 0.5) is 0 Å². The quantitative estimate of drug-likeness (QED) is 0.550. The Balaban J connectivity index is 2.66. The van der Waals surface area contributed by atoms with Crippen molar-refractivity contribution in [2.45, 2.75) is 33.1 Å². The van der Waals surface area contributed by atoms with E-state index in [1.165, 1.54) is 0 Å². The summed E-state index contributed by atoms with van der Waals surface area (Å²) in [6.07, 6.45) is -0.269. The normalized spacial score (nSPS) is 12.9. The van der Waals surface area contributed by atoms with E-state index in [2.05, 4.69) is 5.32 Å². The van der Waals surface area contributed by atoms with E-state index in [0.29, 0.717) is 34.8 Å². The summed E-state index contributed by atoms with van der Waals surface area (Å²) < 4.78 is 11.0. The maximum Gasteiger partial charge on any atom is 0.169 e. The van der Waals surface area contributed by atoms with E-state index >= 15 is 0 Å². The molecular formula is C14H20Cl3NO2. The summed E-state index contributed by atoms with van der Waals surface area (Å²) in [6.45, 7) is 7.65. The SMILES string of the molecule is CCOC(CNC(C)c1ccc(Cl)c(Cl)c1Cl)OCC. The second-order valence-corrected chi connectivity index (χ2v) is 5.40. The van der Waals surface area contributed by atoms with Gasteiger partial charge in [0.15, 0.2) is 6.29 Å². The molecule has 0 spiro atoms. The minimum Gasteiger partial charge on any atom is -0.352 e. The second kappa shape index (κ2) is 9.08. The van der Waals surface area contributed by atoms with E-state index < -0.39 is 0 Å². The van der Waals surface area contributed by atoms with Crippen LogP contribution in [0.5, 0.6) is 0 Å². The van der Waals surface area contributed by atoms with Gasteiger partial charge in [-0.15, -0.1) is 0 Å². The zero-order valence-corrected chi connectivity index (χ0v) is 14.1. The maximum atomic E-state index is 6.21. The highest BCUT2D eigenvalue weighted by Crippen LogP contribution is 2.35. The summed E-state index contributed by atoms with van der Waals surface area (Å²) >= 11 is 18.2. The molecule has 0 aliphatic carbocycles. The monoisotopic (exact) mass is 339 g/mol. The highest BCUT2D eigenvalue weighted by molar-refractivity contribution is 6.48. The second-order valence-electron chi connectivity index (χ2n) is 4.23. The van der Waals surface area contributed by atoms with Gasteiger partial charge in [0.2, 0.25) is 0 Å². The van der Waals surface area contributed by atoms with Crippen molar-refractivity contribution in [3.8, 4) is 0 Å². The number of halogens is 3. The Labute approximate surface area is 135 Å². The zero-order chi connectivity index (χ0) is 15.1. The highest BCUT2D eigenvalue weighted by atomic mass is 35.5. The molecule has 1 aromatic rings. The molecule has 1 rings (SSSR count). The number of hydrogen-bond donors (Lipinski definition) is 1. The first-order chi connectivity index (χ1) is 9.51. The summed E-state index contributed by atoms with van der Waals surface area (Å²) in [7, 11) is 0. The molecule has 0 amide bonds. The predicted molar refractivity (Wildman–Crippen MR) is 84.9 cm³/mol. The van der Waals surface area contributed by atoms with E-state index in [9.17, 15) is 0 Å². The van der Waals surface area contributed by atoms with Crippen LogP contribution in [0.1, 0.15) is 32.4 Å². The number of nitrogens with one attached hydrogen (secondary N) is 1. The smallest absolute Gasteiger partial charge is 0.169 e. The van der Waals surface area contributed by atoms with Gasteiger partial charge >= 0.3 is 0 Å². The van der Waals surface area contributed by atoms with Gasteiger partial charge in [0, 0.05) is 25.8 Å². The molecule has 0 aliphatic heterocycles. The molecule has 0 fully saturated rings. The maximum absolute atomic E-state index is 6.21. The van der Waals surface area contributed by atoms with Crippen LogP contribution in [0.15, 0.2) is 12.1 Å². The zero-order valence-electron chi connectivity index (χ0n) is 11.9. The lowest BCUT2D eigenvalue weighted by molar-refractivity contribution is -0.133. The Bertz CT molecular complexity index is 423. The van der Waals surface area contributed by atoms with Crippen molar-refractivity contribution in [3.05, 3.63) is 32.8 Å². The van der Waals surface area contributed by atoms with Crippen LogP contribution < -0.4 is 5.32 Å². The lowest BCUT2D eigenvalue weighted by Gasteiger charge is -2.22. The van der Waals surface area contributed by atoms with Crippen molar-refractivity contribution in [1.29, 1.82) is 0 Å². The van der Waals surface area contributed by atoms with E-state index in [-0.39, 0.29) is 12.3 Å². The van der Waals surface area contributed by atoms with E-state index in [1.807, 2.05) is 26.8 Å². The summed E-state index contributed by atoms with van der Waals surface area (Å²) in [5.74, 6) is 0. The molecule has 1 N–H and O–H groups in total. The van der Waals surface area contributed by atoms with Crippen LogP contribution in [0.2, 0.25) is 15.1 Å². The van der Waals surface area contributed by atoms with Crippen molar-refractivity contribution in [2.24, 2.45) is 0 Å². The number of rotatable bonds is 8. The minimum absolute atomic E-state index is 0.0145. The predicted octanol–water partition coefficient (Wildman–Crippen LogP) is 4.70. The third-order valence-electron chi connectivity index (χ3n) is 2.83. The van der Waals surface area contributed by atoms with E-state index in [1.54, 1.807) is 6.07 Å². The molecule has 0 heterocycles. The summed E-state index contributed by atoms with van der Waals surface area (Å²) in [5, 5.41) is 4.63. The highest BCUT2D eigenvalue weighted by Gasteiger charge is 2.16. The summed E-state index contributed by atoms with van der Waals surface area (Å²) in [5.41, 5.74) is 0.896. The van der Waals surface area contributed by atoms with Crippen molar-refractivity contribution in [2.75, 3.05) is 19.8 Å². The molecule has 0 saturated heterocycles. The molecule has 0 radical (unpaired) electrons. The molecule has 1 aromatic carbocycles. The molecule has 20 heavy (non-hydrogen) atoms. The minimum atomic E-state index is -0.269. The van der Waals surface area contributed by atoms with Crippen molar-refractivity contribution >= 4 is 34.8 Å². The fourth-order valence-electron chi connectivity index (χ4n) is 1.80. The van der Waals surface area contributed by atoms with Crippen molar-refractivity contribution < 1.29 is 9.47 Å². The number of hydrogen-bond acceptors (Lipinski definition) is 3. The Kier molecular flexibility index (Phi) is 8.18. The average molecular weight is 341 g/mol. The molecule has 0 bridgehead atoms. The Morgan fingerprint density at radius 2 is 1.65 bits per heavy atom.